The van der Waals surface area contributed by atoms with Crippen molar-refractivity contribution in [1.82, 2.24) is 0 Å². The number of oxime groups is 1. The normalized spacial score (nSPS) is 12.3. The Kier molecular flexibility index (Phi) is 4.02. The van der Waals surface area contributed by atoms with Crippen LogP contribution in [-0.4, -0.2) is 22.5 Å². The van der Waals surface area contributed by atoms with E-state index in [9.17, 15) is 10.0 Å². The van der Waals surface area contributed by atoms with Crippen molar-refractivity contribution in [3.8, 4) is 0 Å². The zero-order chi connectivity index (χ0) is 12.0. The molecule has 84 valence electrons. The third kappa shape index (κ3) is 2.81. The highest BCUT2D eigenvalue weighted by Gasteiger charge is 2.14. The smallest absolute Gasteiger partial charge is 0.279 e. The van der Waals surface area contributed by atoms with E-state index in [0.717, 1.165) is 0 Å². The van der Waals surface area contributed by atoms with Crippen LogP contribution in [0.1, 0.15) is 6.92 Å². The van der Waals surface area contributed by atoms with Crippen LogP contribution in [0.3, 0.4) is 0 Å². The van der Waals surface area contributed by atoms with Crippen molar-refractivity contribution in [3.05, 3.63) is 35.5 Å². The Morgan fingerprint density at radius 3 is 2.50 bits per heavy atom. The molecule has 6 heteroatoms. The van der Waals surface area contributed by atoms with Gasteiger partial charge in [0.05, 0.1) is 5.71 Å². The zero-order valence-corrected chi connectivity index (χ0v) is 8.54. The number of nitrogens with one attached hydrogen (secondary N) is 1. The minimum atomic E-state index is -0.689. The Bertz CT molecular complexity index is 426. The highest BCUT2D eigenvalue weighted by Crippen LogP contribution is 2.05. The zero-order valence-electron chi connectivity index (χ0n) is 8.54. The standard InChI is InChI=1S/C10H11N3O3/c1-7(12-15)9(13-16)10(14)11-8-5-3-2-4-6-8/h2-6,15-16H,1H3,(H,11,14)/p-1. The fourth-order valence-electron chi connectivity index (χ4n) is 1.04. The van der Waals surface area contributed by atoms with Gasteiger partial charge in [0.2, 0.25) is 0 Å². The number of nitrogens with zero attached hydrogens (tertiary/aromatic N) is 2. The average Bonchev–Trinajstić information content (AvgIpc) is 2.31. The van der Waals surface area contributed by atoms with Gasteiger partial charge in [-0.05, 0) is 19.1 Å². The molecule has 0 atom stereocenters. The maximum Gasteiger partial charge on any atom is 0.279 e. The van der Waals surface area contributed by atoms with Crippen LogP contribution in [0.25, 0.3) is 0 Å². The van der Waals surface area contributed by atoms with E-state index >= 15 is 0 Å². The predicted molar refractivity (Wildman–Crippen MR) is 60.8 cm³/mol. The van der Waals surface area contributed by atoms with Crippen molar-refractivity contribution in [2.75, 3.05) is 5.32 Å². The number of hydrogen-bond acceptors (Lipinski definition) is 5. The van der Waals surface area contributed by atoms with Gasteiger partial charge < -0.3 is 20.9 Å². The quantitative estimate of drug-likeness (QED) is 0.457. The lowest BCUT2D eigenvalue weighted by molar-refractivity contribution is -0.110. The summed E-state index contributed by atoms with van der Waals surface area (Å²) in [4.78, 5) is 11.5. The number of benzene rings is 1. The molecule has 0 saturated carbocycles. The van der Waals surface area contributed by atoms with Crippen molar-refractivity contribution < 1.29 is 10.0 Å². The lowest BCUT2D eigenvalue weighted by Gasteiger charge is -2.07. The molecule has 1 amide bonds. The summed E-state index contributed by atoms with van der Waals surface area (Å²) in [5.41, 5.74) is -0.0536. The van der Waals surface area contributed by atoms with Gasteiger partial charge in [0.15, 0.2) is 5.71 Å². The third-order valence-corrected chi connectivity index (χ3v) is 1.83. The number of rotatable bonds is 3. The van der Waals surface area contributed by atoms with E-state index in [1.165, 1.54) is 6.92 Å². The SMILES string of the molecule is CC(=N[O-])C(=NO)C(=O)Nc1ccccc1. The first-order chi connectivity index (χ1) is 7.69. The van der Waals surface area contributed by atoms with Crippen LogP contribution >= 0.6 is 0 Å². The number of carbonyl (C=O) groups excluding carboxylic acids is 1. The van der Waals surface area contributed by atoms with Crippen molar-refractivity contribution in [1.29, 1.82) is 0 Å². The van der Waals surface area contributed by atoms with Crippen LogP contribution < -0.4 is 5.32 Å². The molecule has 1 rings (SSSR count). The van der Waals surface area contributed by atoms with E-state index in [-0.39, 0.29) is 5.71 Å². The summed E-state index contributed by atoms with van der Waals surface area (Å²) in [5, 5.41) is 26.5. The largest absolute Gasteiger partial charge is 0.792 e. The van der Waals surface area contributed by atoms with Crippen molar-refractivity contribution in [2.45, 2.75) is 6.92 Å². The summed E-state index contributed by atoms with van der Waals surface area (Å²) in [5.74, 6) is -0.689. The van der Waals surface area contributed by atoms with Crippen LogP contribution in [0.5, 0.6) is 0 Å². The molecular formula is C10H10N3O3-. The van der Waals surface area contributed by atoms with E-state index in [4.69, 9.17) is 5.21 Å². The van der Waals surface area contributed by atoms with Crippen LogP contribution in [0, 0.1) is 5.21 Å². The van der Waals surface area contributed by atoms with Gasteiger partial charge in [-0.3, -0.25) is 4.79 Å². The van der Waals surface area contributed by atoms with Gasteiger partial charge in [-0.2, -0.15) is 0 Å². The van der Waals surface area contributed by atoms with Gasteiger partial charge in [-0.25, -0.2) is 0 Å². The summed E-state index contributed by atoms with van der Waals surface area (Å²) in [6, 6.07) is 8.59. The van der Waals surface area contributed by atoms with Gasteiger partial charge in [0.1, 0.15) is 0 Å². The molecule has 2 N–H and O–H groups in total. The molecule has 0 aliphatic rings. The molecule has 16 heavy (non-hydrogen) atoms. The number of carbonyl (C=O) groups is 1. The molecule has 1 aromatic rings. The second kappa shape index (κ2) is 5.50. The first-order valence-corrected chi connectivity index (χ1v) is 4.44. The number of amides is 1. The Labute approximate surface area is 91.9 Å². The summed E-state index contributed by atoms with van der Waals surface area (Å²) in [6.45, 7) is 1.28. The number of para-hydroxylation sites is 1. The summed E-state index contributed by atoms with van der Waals surface area (Å²) in [7, 11) is 0. The fourth-order valence-corrected chi connectivity index (χ4v) is 1.04. The summed E-state index contributed by atoms with van der Waals surface area (Å²) >= 11 is 0. The molecule has 0 radical (unpaired) electrons. The van der Waals surface area contributed by atoms with Crippen LogP contribution in [0.2, 0.25) is 0 Å². The van der Waals surface area contributed by atoms with Crippen LogP contribution in [0.4, 0.5) is 5.69 Å². The molecule has 6 nitrogen and oxygen atoms in total. The van der Waals surface area contributed by atoms with E-state index < -0.39 is 11.6 Å². The Hall–Kier alpha value is -2.37. The van der Waals surface area contributed by atoms with Gasteiger partial charge >= 0.3 is 0 Å². The molecule has 0 aliphatic carbocycles. The lowest BCUT2D eigenvalue weighted by atomic mass is 10.2. The van der Waals surface area contributed by atoms with Gasteiger partial charge in [-0.15, -0.1) is 0 Å². The average molecular weight is 220 g/mol. The first-order valence-electron chi connectivity index (χ1n) is 4.44. The van der Waals surface area contributed by atoms with Crippen molar-refractivity contribution >= 4 is 23.0 Å². The molecule has 0 unspecified atom stereocenters. The molecule has 0 bridgehead atoms. The summed E-state index contributed by atoms with van der Waals surface area (Å²) in [6.07, 6.45) is 0. The Morgan fingerprint density at radius 2 is 2.00 bits per heavy atom. The second-order valence-corrected chi connectivity index (χ2v) is 2.95. The molecule has 0 fully saturated rings. The van der Waals surface area contributed by atoms with Gasteiger partial charge in [-0.1, -0.05) is 23.4 Å². The Morgan fingerprint density at radius 1 is 1.38 bits per heavy atom. The second-order valence-electron chi connectivity index (χ2n) is 2.95. The van der Waals surface area contributed by atoms with Gasteiger partial charge in [0.25, 0.3) is 5.91 Å². The summed E-state index contributed by atoms with van der Waals surface area (Å²) < 4.78 is 0. The monoisotopic (exact) mass is 220 g/mol. The molecule has 0 heterocycles. The van der Waals surface area contributed by atoms with Crippen molar-refractivity contribution in [3.63, 3.8) is 0 Å². The predicted octanol–water partition coefficient (Wildman–Crippen LogP) is 1.41. The van der Waals surface area contributed by atoms with E-state index in [2.05, 4.69) is 15.6 Å². The fraction of sp³-hybridized carbons (Fsp3) is 0.100. The van der Waals surface area contributed by atoms with Crippen molar-refractivity contribution in [2.24, 2.45) is 10.3 Å². The van der Waals surface area contributed by atoms with E-state index in [1.54, 1.807) is 30.3 Å². The van der Waals surface area contributed by atoms with E-state index in [1.807, 2.05) is 0 Å². The molecule has 0 aromatic heterocycles. The number of hydrogen-bond donors (Lipinski definition) is 2. The highest BCUT2D eigenvalue weighted by atomic mass is 16.4. The first kappa shape index (κ1) is 11.7. The molecule has 1 aromatic carbocycles. The maximum absolute atomic E-state index is 11.5. The van der Waals surface area contributed by atoms with Gasteiger partial charge in [0, 0.05) is 5.69 Å². The van der Waals surface area contributed by atoms with Crippen LogP contribution in [0.15, 0.2) is 40.6 Å². The third-order valence-electron chi connectivity index (χ3n) is 1.83. The number of anilines is 1. The molecule has 0 aliphatic heterocycles. The maximum atomic E-state index is 11.5. The minimum absolute atomic E-state index is 0.184. The van der Waals surface area contributed by atoms with E-state index in [0.29, 0.717) is 5.69 Å². The Balaban J connectivity index is 2.80. The molecular weight excluding hydrogens is 210 g/mol. The highest BCUT2D eigenvalue weighted by molar-refractivity contribution is 6.68. The minimum Gasteiger partial charge on any atom is -0.792 e. The van der Waals surface area contributed by atoms with Crippen LogP contribution in [-0.2, 0) is 4.79 Å². The lowest BCUT2D eigenvalue weighted by Crippen LogP contribution is -2.28. The molecule has 0 spiro atoms. The molecule has 0 saturated heterocycles. The topological polar surface area (TPSA) is 97.1 Å².